The highest BCUT2D eigenvalue weighted by atomic mass is 16.6. The average Bonchev–Trinajstić information content (AvgIpc) is 3.83. The van der Waals surface area contributed by atoms with E-state index in [1.165, 1.54) is 16.3 Å². The third kappa shape index (κ3) is 6.12. The molecule has 0 saturated carbocycles. The van der Waals surface area contributed by atoms with Gasteiger partial charge >= 0.3 is 6.09 Å². The molecule has 1 amide bonds. The number of carbonyl (C=O) groups is 1. The van der Waals surface area contributed by atoms with Gasteiger partial charge in [-0.15, -0.1) is 0 Å². The quantitative estimate of drug-likeness (QED) is 0.188. The summed E-state index contributed by atoms with van der Waals surface area (Å²) in [6.07, 6.45) is 5.50. The Morgan fingerprint density at radius 1 is 0.778 bits per heavy atom. The molecule has 2 aromatic heterocycles. The Morgan fingerprint density at radius 3 is 2.07 bits per heavy atom. The molecule has 2 saturated heterocycles. The Kier molecular flexibility index (Phi) is 7.48. The second kappa shape index (κ2) is 11.5. The number of likely N-dealkylation sites (tertiary alicyclic amines) is 1. The maximum atomic E-state index is 12.9. The highest BCUT2D eigenvalue weighted by Gasteiger charge is 2.38. The Hall–Kier alpha value is -4.43. The topological polar surface area (TPSA) is 98.9 Å². The van der Waals surface area contributed by atoms with Crippen molar-refractivity contribution in [3.63, 3.8) is 0 Å². The first-order chi connectivity index (χ1) is 21.6. The van der Waals surface area contributed by atoms with E-state index in [-0.39, 0.29) is 12.1 Å². The number of imidazole rings is 2. The molecule has 2 aliphatic heterocycles. The summed E-state index contributed by atoms with van der Waals surface area (Å²) in [5, 5.41) is 5.96. The largest absolute Gasteiger partial charge is 0.444 e. The number of ether oxygens (including phenoxy) is 1. The fraction of sp³-hybridized carbons (Fsp3) is 0.378. The van der Waals surface area contributed by atoms with Crippen molar-refractivity contribution in [2.75, 3.05) is 13.1 Å². The molecule has 8 heteroatoms. The molecule has 7 rings (SSSR count). The molecule has 232 valence electrons. The fourth-order valence-corrected chi connectivity index (χ4v) is 6.70. The molecule has 0 spiro atoms. The molecule has 2 fully saturated rings. The molecule has 4 atom stereocenters. The molecule has 4 unspecified atom stereocenters. The molecule has 8 nitrogen and oxygen atoms in total. The summed E-state index contributed by atoms with van der Waals surface area (Å²) in [7, 11) is 0. The van der Waals surface area contributed by atoms with Gasteiger partial charge in [-0.2, -0.15) is 0 Å². The van der Waals surface area contributed by atoms with Crippen molar-refractivity contribution >= 4 is 16.9 Å². The van der Waals surface area contributed by atoms with Crippen LogP contribution in [0.1, 0.15) is 71.2 Å². The first-order valence-corrected chi connectivity index (χ1v) is 16.1. The van der Waals surface area contributed by atoms with Crippen LogP contribution in [0.15, 0.2) is 73.1 Å². The Balaban J connectivity index is 1.06. The van der Waals surface area contributed by atoms with Crippen LogP contribution >= 0.6 is 0 Å². The number of aromatic amines is 2. The number of carbonyl (C=O) groups excluding carboxylic acids is 1. The van der Waals surface area contributed by atoms with Gasteiger partial charge in [0.25, 0.3) is 0 Å². The molecule has 0 radical (unpaired) electrons. The van der Waals surface area contributed by atoms with E-state index in [2.05, 4.69) is 94.8 Å². The van der Waals surface area contributed by atoms with Crippen LogP contribution in [-0.4, -0.2) is 49.6 Å². The summed E-state index contributed by atoms with van der Waals surface area (Å²) < 4.78 is 5.68. The summed E-state index contributed by atoms with van der Waals surface area (Å²) in [5.74, 6) is 2.88. The molecule has 5 aromatic rings. The molecular formula is C37H42N6O2. The summed E-state index contributed by atoms with van der Waals surface area (Å²) in [4.78, 5) is 31.1. The summed E-state index contributed by atoms with van der Waals surface area (Å²) >= 11 is 0. The zero-order chi connectivity index (χ0) is 31.3. The van der Waals surface area contributed by atoms with Gasteiger partial charge in [-0.1, -0.05) is 62.4 Å². The second-order valence-corrected chi connectivity index (χ2v) is 14.0. The van der Waals surface area contributed by atoms with E-state index in [1.807, 2.05) is 38.1 Å². The highest BCUT2D eigenvalue weighted by molar-refractivity contribution is 5.90. The number of nitrogens with one attached hydrogen (secondary N) is 3. The van der Waals surface area contributed by atoms with E-state index in [0.29, 0.717) is 24.4 Å². The van der Waals surface area contributed by atoms with Gasteiger partial charge in [0.2, 0.25) is 0 Å². The van der Waals surface area contributed by atoms with Gasteiger partial charge in [0, 0.05) is 12.1 Å². The zero-order valence-corrected chi connectivity index (χ0v) is 26.7. The third-order valence-electron chi connectivity index (χ3n) is 9.01. The van der Waals surface area contributed by atoms with Crippen LogP contribution in [0.2, 0.25) is 0 Å². The minimum Gasteiger partial charge on any atom is -0.444 e. The molecule has 0 aliphatic carbocycles. The first-order valence-electron chi connectivity index (χ1n) is 16.1. The number of amides is 1. The minimum absolute atomic E-state index is 0.121. The van der Waals surface area contributed by atoms with Crippen molar-refractivity contribution in [1.82, 2.24) is 30.2 Å². The van der Waals surface area contributed by atoms with E-state index < -0.39 is 5.60 Å². The predicted molar refractivity (Wildman–Crippen MR) is 179 cm³/mol. The van der Waals surface area contributed by atoms with Gasteiger partial charge in [-0.25, -0.2) is 14.8 Å². The van der Waals surface area contributed by atoms with Gasteiger partial charge in [0.05, 0.1) is 35.9 Å². The predicted octanol–water partition coefficient (Wildman–Crippen LogP) is 8.28. The van der Waals surface area contributed by atoms with Gasteiger partial charge in [-0.3, -0.25) is 4.90 Å². The van der Waals surface area contributed by atoms with Crippen LogP contribution in [0, 0.1) is 11.8 Å². The molecule has 4 heterocycles. The molecular weight excluding hydrogens is 560 g/mol. The first kappa shape index (κ1) is 29.3. The number of rotatable bonds is 5. The maximum absolute atomic E-state index is 12.9. The molecule has 3 aromatic carbocycles. The molecule has 3 N–H and O–H groups in total. The monoisotopic (exact) mass is 602 g/mol. The van der Waals surface area contributed by atoms with Gasteiger partial charge in [0.15, 0.2) is 0 Å². The summed E-state index contributed by atoms with van der Waals surface area (Å²) in [6.45, 7) is 11.8. The number of aromatic nitrogens is 4. The smallest absolute Gasteiger partial charge is 0.410 e. The van der Waals surface area contributed by atoms with Crippen molar-refractivity contribution in [3.8, 4) is 33.6 Å². The number of fused-ring (bicyclic) bond motifs is 1. The number of hydrogen-bond acceptors (Lipinski definition) is 5. The van der Waals surface area contributed by atoms with E-state index in [0.717, 1.165) is 59.1 Å². The Labute approximate surface area is 264 Å². The van der Waals surface area contributed by atoms with Crippen LogP contribution in [0.3, 0.4) is 0 Å². The summed E-state index contributed by atoms with van der Waals surface area (Å²) in [5.41, 5.74) is 5.98. The van der Waals surface area contributed by atoms with Crippen molar-refractivity contribution in [2.24, 2.45) is 11.8 Å². The zero-order valence-electron chi connectivity index (χ0n) is 26.7. The average molecular weight is 603 g/mol. The Morgan fingerprint density at radius 2 is 1.38 bits per heavy atom. The van der Waals surface area contributed by atoms with Gasteiger partial charge in [0.1, 0.15) is 17.2 Å². The fourth-order valence-electron chi connectivity index (χ4n) is 6.70. The van der Waals surface area contributed by atoms with E-state index in [4.69, 9.17) is 9.72 Å². The van der Waals surface area contributed by atoms with E-state index >= 15 is 0 Å². The SMILES string of the molecule is CC1CNC(c2ncc(-c3ccc4cc(-c5ccc(-c6cnc(C7CC(C)CN7C(=O)OC(C)(C)C)[nH]6)cc5)ccc4c3)[nH]2)C1. The van der Waals surface area contributed by atoms with E-state index in [9.17, 15) is 4.79 Å². The number of hydrogen-bond donors (Lipinski definition) is 3. The van der Waals surface area contributed by atoms with Crippen LogP contribution < -0.4 is 5.32 Å². The maximum Gasteiger partial charge on any atom is 0.410 e. The van der Waals surface area contributed by atoms with Crippen LogP contribution in [0.25, 0.3) is 44.4 Å². The lowest BCUT2D eigenvalue weighted by Crippen LogP contribution is -2.37. The van der Waals surface area contributed by atoms with Gasteiger partial charge in [-0.05, 0) is 91.6 Å². The van der Waals surface area contributed by atoms with Crippen molar-refractivity contribution < 1.29 is 9.53 Å². The van der Waals surface area contributed by atoms with Crippen molar-refractivity contribution in [3.05, 3.63) is 84.7 Å². The van der Waals surface area contributed by atoms with Crippen molar-refractivity contribution in [2.45, 2.75) is 65.1 Å². The van der Waals surface area contributed by atoms with Crippen molar-refractivity contribution in [1.29, 1.82) is 0 Å². The van der Waals surface area contributed by atoms with Crippen LogP contribution in [0.4, 0.5) is 4.79 Å². The summed E-state index contributed by atoms with van der Waals surface area (Å²) in [6, 6.07) is 22.0. The number of benzene rings is 3. The standard InChI is InChI=1S/C37H42N6O2/c1-22-14-30(38-18-22)34-39-20-32(41-34)29-13-12-27-16-26(10-11-28(27)17-29)24-6-8-25(9-7-24)31-19-40-35(42-31)33-15-23(2)21-43(33)36(44)45-37(3,4)5/h6-13,16-17,19-20,22-23,30,33,38H,14-15,18,21H2,1-5H3,(H,39,41)(H,40,42). The molecule has 45 heavy (non-hydrogen) atoms. The van der Waals surface area contributed by atoms with Gasteiger partial charge < -0.3 is 20.0 Å². The number of H-pyrrole nitrogens is 2. The normalized spacial score (nSPS) is 21.9. The minimum atomic E-state index is -0.534. The number of nitrogens with zero attached hydrogens (tertiary/aromatic N) is 3. The second-order valence-electron chi connectivity index (χ2n) is 14.0. The Bertz CT molecular complexity index is 1830. The lowest BCUT2D eigenvalue weighted by Gasteiger charge is -2.27. The lowest BCUT2D eigenvalue weighted by atomic mass is 9.98. The van der Waals surface area contributed by atoms with Crippen LogP contribution in [-0.2, 0) is 4.74 Å². The lowest BCUT2D eigenvalue weighted by molar-refractivity contribution is 0.0214. The third-order valence-corrected chi connectivity index (χ3v) is 9.01. The molecule has 0 bridgehead atoms. The van der Waals surface area contributed by atoms with E-state index in [1.54, 1.807) is 0 Å². The molecule has 2 aliphatic rings. The highest BCUT2D eigenvalue weighted by Crippen LogP contribution is 2.36. The van der Waals surface area contributed by atoms with Crippen LogP contribution in [0.5, 0.6) is 0 Å².